The number of hydrogen-bond acceptors (Lipinski definition) is 2. The van der Waals surface area contributed by atoms with E-state index < -0.39 is 0 Å². The Morgan fingerprint density at radius 2 is 2.05 bits per heavy atom. The van der Waals surface area contributed by atoms with Crippen molar-refractivity contribution in [2.75, 3.05) is 0 Å². The molecule has 2 unspecified atom stereocenters. The molecule has 20 heavy (non-hydrogen) atoms. The molecule has 1 aliphatic rings. The van der Waals surface area contributed by atoms with Crippen LogP contribution in [-0.4, -0.2) is 16.0 Å². The first-order chi connectivity index (χ1) is 9.45. The van der Waals surface area contributed by atoms with Crippen LogP contribution < -0.4 is 11.0 Å². The van der Waals surface area contributed by atoms with Crippen LogP contribution in [0, 0.1) is 5.41 Å². The van der Waals surface area contributed by atoms with Crippen LogP contribution in [0.1, 0.15) is 51.6 Å². The number of imidazole rings is 1. The minimum atomic E-state index is -0.144. The molecule has 4 heteroatoms. The molecular formula is C16H23N3O. The van der Waals surface area contributed by atoms with E-state index in [2.05, 4.69) is 48.2 Å². The third-order valence-electron chi connectivity index (χ3n) is 4.75. The van der Waals surface area contributed by atoms with Crippen molar-refractivity contribution >= 4 is 11.0 Å². The summed E-state index contributed by atoms with van der Waals surface area (Å²) in [7, 11) is 0. The Morgan fingerprint density at radius 1 is 1.30 bits per heavy atom. The highest BCUT2D eigenvalue weighted by molar-refractivity contribution is 5.75. The molecule has 3 rings (SSSR count). The molecule has 0 bridgehead atoms. The smallest absolute Gasteiger partial charge is 0.307 e. The van der Waals surface area contributed by atoms with Gasteiger partial charge in [-0.1, -0.05) is 26.3 Å². The van der Waals surface area contributed by atoms with E-state index in [4.69, 9.17) is 0 Å². The van der Waals surface area contributed by atoms with Gasteiger partial charge in [-0.3, -0.25) is 0 Å². The molecule has 3 N–H and O–H groups in total. The molecule has 1 heterocycles. The zero-order chi connectivity index (χ0) is 14.3. The summed E-state index contributed by atoms with van der Waals surface area (Å²) in [5.41, 5.74) is 3.20. The minimum Gasteiger partial charge on any atom is -0.307 e. The lowest BCUT2D eigenvalue weighted by atomic mass is 9.86. The second kappa shape index (κ2) is 4.77. The Hall–Kier alpha value is -1.55. The van der Waals surface area contributed by atoms with Crippen LogP contribution in [0.4, 0.5) is 0 Å². The molecule has 1 aromatic carbocycles. The average molecular weight is 273 g/mol. The second-order valence-electron chi connectivity index (χ2n) is 6.71. The lowest BCUT2D eigenvalue weighted by molar-refractivity contribution is 0.266. The van der Waals surface area contributed by atoms with E-state index in [0.29, 0.717) is 17.5 Å². The quantitative estimate of drug-likeness (QED) is 0.804. The third-order valence-corrected chi connectivity index (χ3v) is 4.75. The highest BCUT2D eigenvalue weighted by atomic mass is 16.1. The van der Waals surface area contributed by atoms with Gasteiger partial charge in [0.25, 0.3) is 0 Å². The van der Waals surface area contributed by atoms with Crippen molar-refractivity contribution in [3.8, 4) is 0 Å². The number of benzene rings is 1. The van der Waals surface area contributed by atoms with Gasteiger partial charge in [0.2, 0.25) is 0 Å². The van der Waals surface area contributed by atoms with Crippen LogP contribution in [0.2, 0.25) is 0 Å². The van der Waals surface area contributed by atoms with Crippen molar-refractivity contribution in [1.29, 1.82) is 0 Å². The summed E-state index contributed by atoms with van der Waals surface area (Å²) in [6.07, 6.45) is 3.85. The van der Waals surface area contributed by atoms with Crippen molar-refractivity contribution in [2.45, 2.75) is 52.1 Å². The minimum absolute atomic E-state index is 0.144. The molecule has 1 fully saturated rings. The van der Waals surface area contributed by atoms with Gasteiger partial charge in [-0.15, -0.1) is 0 Å². The van der Waals surface area contributed by atoms with Crippen LogP contribution in [-0.2, 0) is 0 Å². The average Bonchev–Trinajstić information content (AvgIpc) is 2.90. The first kappa shape index (κ1) is 13.4. The highest BCUT2D eigenvalue weighted by Gasteiger charge is 2.34. The summed E-state index contributed by atoms with van der Waals surface area (Å²) < 4.78 is 0. The van der Waals surface area contributed by atoms with Gasteiger partial charge in [0, 0.05) is 12.1 Å². The number of nitrogens with one attached hydrogen (secondary N) is 3. The Balaban J connectivity index is 1.81. The number of H-pyrrole nitrogens is 2. The van der Waals surface area contributed by atoms with Crippen molar-refractivity contribution in [1.82, 2.24) is 15.3 Å². The maximum absolute atomic E-state index is 11.3. The third kappa shape index (κ3) is 2.40. The lowest BCUT2D eigenvalue weighted by Gasteiger charge is -2.31. The van der Waals surface area contributed by atoms with Crippen LogP contribution >= 0.6 is 0 Å². The Kier molecular flexibility index (Phi) is 3.21. The molecule has 0 spiro atoms. The van der Waals surface area contributed by atoms with Gasteiger partial charge in [0.05, 0.1) is 11.0 Å². The van der Waals surface area contributed by atoms with E-state index in [1.165, 1.54) is 24.8 Å². The van der Waals surface area contributed by atoms with Crippen molar-refractivity contribution in [3.63, 3.8) is 0 Å². The molecule has 108 valence electrons. The zero-order valence-corrected chi connectivity index (χ0v) is 12.4. The Bertz CT molecular complexity index is 668. The van der Waals surface area contributed by atoms with Gasteiger partial charge in [-0.05, 0) is 42.9 Å². The van der Waals surface area contributed by atoms with Crippen molar-refractivity contribution < 1.29 is 0 Å². The molecule has 4 nitrogen and oxygen atoms in total. The molecule has 0 amide bonds. The van der Waals surface area contributed by atoms with Crippen LogP contribution in [0.25, 0.3) is 11.0 Å². The van der Waals surface area contributed by atoms with Gasteiger partial charge in [0.15, 0.2) is 0 Å². The van der Waals surface area contributed by atoms with Crippen molar-refractivity contribution in [3.05, 3.63) is 34.2 Å². The van der Waals surface area contributed by atoms with E-state index in [1.54, 1.807) is 0 Å². The standard InChI is InChI=1S/C16H23N3O/c1-10(17-14-5-4-8-16(14,2)3)11-6-7-12-13(9-11)19-15(20)18-12/h6-7,9-10,14,17H,4-5,8H2,1-3H3,(H2,18,19,20). The summed E-state index contributed by atoms with van der Waals surface area (Å²) in [5.74, 6) is 0. The number of fused-ring (bicyclic) bond motifs is 1. The fourth-order valence-electron chi connectivity index (χ4n) is 3.35. The fraction of sp³-hybridized carbons (Fsp3) is 0.562. The predicted molar refractivity (Wildman–Crippen MR) is 81.9 cm³/mol. The van der Waals surface area contributed by atoms with Crippen LogP contribution in [0.5, 0.6) is 0 Å². The molecule has 0 aliphatic heterocycles. The first-order valence-corrected chi connectivity index (χ1v) is 7.44. The zero-order valence-electron chi connectivity index (χ0n) is 12.4. The molecule has 1 aliphatic carbocycles. The van der Waals surface area contributed by atoms with Gasteiger partial charge in [-0.25, -0.2) is 4.79 Å². The SMILES string of the molecule is CC(NC1CCCC1(C)C)c1ccc2[nH]c(=O)[nH]c2c1. The monoisotopic (exact) mass is 273 g/mol. The summed E-state index contributed by atoms with van der Waals surface area (Å²) in [4.78, 5) is 16.9. The van der Waals surface area contributed by atoms with Crippen molar-refractivity contribution in [2.24, 2.45) is 5.41 Å². The van der Waals surface area contributed by atoms with E-state index in [9.17, 15) is 4.79 Å². The van der Waals surface area contributed by atoms with Gasteiger partial charge >= 0.3 is 5.69 Å². The van der Waals surface area contributed by atoms with Crippen LogP contribution in [0.15, 0.2) is 23.0 Å². The number of aromatic amines is 2. The molecule has 2 aromatic rings. The number of hydrogen-bond donors (Lipinski definition) is 3. The van der Waals surface area contributed by atoms with Gasteiger partial charge in [0.1, 0.15) is 0 Å². The molecule has 1 saturated carbocycles. The second-order valence-corrected chi connectivity index (χ2v) is 6.71. The Labute approximate surface area is 119 Å². The summed E-state index contributed by atoms with van der Waals surface area (Å²) in [6.45, 7) is 6.88. The van der Waals surface area contributed by atoms with E-state index >= 15 is 0 Å². The summed E-state index contributed by atoms with van der Waals surface area (Å²) >= 11 is 0. The highest BCUT2D eigenvalue weighted by Crippen LogP contribution is 2.38. The normalized spacial score (nSPS) is 23.2. The number of aromatic nitrogens is 2. The maximum atomic E-state index is 11.3. The van der Waals surface area contributed by atoms with Gasteiger partial charge in [-0.2, -0.15) is 0 Å². The van der Waals surface area contributed by atoms with E-state index in [1.807, 2.05) is 6.07 Å². The summed E-state index contributed by atoms with van der Waals surface area (Å²) in [5, 5.41) is 3.75. The van der Waals surface area contributed by atoms with E-state index in [-0.39, 0.29) is 5.69 Å². The largest absolute Gasteiger partial charge is 0.323 e. The molecule has 2 atom stereocenters. The van der Waals surface area contributed by atoms with Gasteiger partial charge < -0.3 is 15.3 Å². The number of rotatable bonds is 3. The summed E-state index contributed by atoms with van der Waals surface area (Å²) in [6, 6.07) is 6.98. The first-order valence-electron chi connectivity index (χ1n) is 7.44. The van der Waals surface area contributed by atoms with E-state index in [0.717, 1.165) is 11.0 Å². The molecule has 0 radical (unpaired) electrons. The Morgan fingerprint density at radius 3 is 2.75 bits per heavy atom. The van der Waals surface area contributed by atoms with Crippen LogP contribution in [0.3, 0.4) is 0 Å². The lowest BCUT2D eigenvalue weighted by Crippen LogP contribution is -2.39. The molecule has 1 aromatic heterocycles. The fourth-order valence-corrected chi connectivity index (χ4v) is 3.35. The maximum Gasteiger partial charge on any atom is 0.323 e. The molecular weight excluding hydrogens is 250 g/mol. The topological polar surface area (TPSA) is 60.7 Å². The molecule has 0 saturated heterocycles. The predicted octanol–water partition coefficient (Wildman–Crippen LogP) is 3.09.